The van der Waals surface area contributed by atoms with Crippen LogP contribution in [0.3, 0.4) is 0 Å². The molecule has 1 aromatic carbocycles. The van der Waals surface area contributed by atoms with Gasteiger partial charge in [0.2, 0.25) is 5.91 Å². The molecule has 3 heteroatoms. The van der Waals surface area contributed by atoms with Crippen molar-refractivity contribution in [3.05, 3.63) is 35.4 Å². The Labute approximate surface area is 141 Å². The van der Waals surface area contributed by atoms with E-state index >= 15 is 0 Å². The van der Waals surface area contributed by atoms with Crippen LogP contribution in [-0.4, -0.2) is 19.0 Å². The molecule has 0 spiro atoms. The van der Waals surface area contributed by atoms with Gasteiger partial charge in [0.05, 0.1) is 6.04 Å². The lowest BCUT2D eigenvalue weighted by atomic mass is 9.81. The second-order valence-electron chi connectivity index (χ2n) is 8.01. The fourth-order valence-corrected chi connectivity index (χ4v) is 3.39. The van der Waals surface area contributed by atoms with E-state index in [4.69, 9.17) is 0 Å². The average molecular weight is 316 g/mol. The lowest BCUT2D eigenvalue weighted by molar-refractivity contribution is -0.123. The van der Waals surface area contributed by atoms with Crippen LogP contribution in [0, 0.1) is 18.3 Å². The van der Waals surface area contributed by atoms with Crippen molar-refractivity contribution in [1.29, 1.82) is 0 Å². The topological polar surface area (TPSA) is 41.1 Å². The summed E-state index contributed by atoms with van der Waals surface area (Å²) < 4.78 is 0. The molecule has 1 aliphatic rings. The van der Waals surface area contributed by atoms with Crippen LogP contribution >= 0.6 is 0 Å². The molecule has 3 nitrogen and oxygen atoms in total. The number of hydrogen-bond donors (Lipinski definition) is 2. The molecule has 1 unspecified atom stereocenters. The number of carbonyl (C=O) groups is 1. The number of amides is 1. The molecule has 0 aromatic heterocycles. The van der Waals surface area contributed by atoms with Crippen molar-refractivity contribution < 1.29 is 4.79 Å². The standard InChI is InChI=1S/C20H32N2O/c1-15-6-5-7-17(14-15)19(20(2,3)4)22-18(23)9-8-16-10-12-21-13-11-16/h5-7,14,16,19,21H,8-13H2,1-4H3,(H,22,23). The molecule has 2 rings (SSSR count). The molecular weight excluding hydrogens is 284 g/mol. The predicted octanol–water partition coefficient (Wildman–Crippen LogP) is 3.98. The number of hydrogen-bond acceptors (Lipinski definition) is 2. The Morgan fingerprint density at radius 1 is 1.30 bits per heavy atom. The van der Waals surface area contributed by atoms with E-state index in [1.807, 2.05) is 0 Å². The number of nitrogens with one attached hydrogen (secondary N) is 2. The van der Waals surface area contributed by atoms with Crippen molar-refractivity contribution in [1.82, 2.24) is 10.6 Å². The Bertz CT molecular complexity index is 513. The van der Waals surface area contributed by atoms with E-state index in [1.54, 1.807) is 0 Å². The number of benzene rings is 1. The molecule has 0 saturated carbocycles. The van der Waals surface area contributed by atoms with Crippen molar-refractivity contribution in [3.63, 3.8) is 0 Å². The van der Waals surface area contributed by atoms with E-state index in [0.717, 1.165) is 19.5 Å². The van der Waals surface area contributed by atoms with Crippen LogP contribution in [-0.2, 0) is 4.79 Å². The van der Waals surface area contributed by atoms with Gasteiger partial charge in [-0.15, -0.1) is 0 Å². The molecule has 0 bridgehead atoms. The maximum atomic E-state index is 12.5. The summed E-state index contributed by atoms with van der Waals surface area (Å²) in [4.78, 5) is 12.5. The molecule has 1 heterocycles. The van der Waals surface area contributed by atoms with E-state index in [1.165, 1.54) is 24.0 Å². The molecule has 1 aromatic rings. The van der Waals surface area contributed by atoms with Gasteiger partial charge in [-0.05, 0) is 56.2 Å². The third kappa shape index (κ3) is 5.65. The largest absolute Gasteiger partial charge is 0.349 e. The zero-order valence-electron chi connectivity index (χ0n) is 15.1. The van der Waals surface area contributed by atoms with E-state index in [9.17, 15) is 4.79 Å². The zero-order valence-corrected chi connectivity index (χ0v) is 15.1. The van der Waals surface area contributed by atoms with Crippen LogP contribution in [0.4, 0.5) is 0 Å². The van der Waals surface area contributed by atoms with Gasteiger partial charge >= 0.3 is 0 Å². The summed E-state index contributed by atoms with van der Waals surface area (Å²) in [5.74, 6) is 0.888. The first-order valence-corrected chi connectivity index (χ1v) is 8.93. The van der Waals surface area contributed by atoms with Crippen LogP contribution in [0.5, 0.6) is 0 Å². The van der Waals surface area contributed by atoms with Gasteiger partial charge in [0.15, 0.2) is 0 Å². The molecule has 2 N–H and O–H groups in total. The van der Waals surface area contributed by atoms with Gasteiger partial charge in [-0.25, -0.2) is 0 Å². The summed E-state index contributed by atoms with van der Waals surface area (Å²) in [7, 11) is 0. The highest BCUT2D eigenvalue weighted by Crippen LogP contribution is 2.33. The fraction of sp³-hybridized carbons (Fsp3) is 0.650. The highest BCUT2D eigenvalue weighted by atomic mass is 16.1. The summed E-state index contributed by atoms with van der Waals surface area (Å²) in [6.07, 6.45) is 4.06. The molecule has 1 saturated heterocycles. The molecule has 1 aliphatic heterocycles. The van der Waals surface area contributed by atoms with Crippen molar-refractivity contribution >= 4 is 5.91 Å². The smallest absolute Gasteiger partial charge is 0.220 e. The van der Waals surface area contributed by atoms with E-state index in [0.29, 0.717) is 12.3 Å². The average Bonchev–Trinajstić information content (AvgIpc) is 2.50. The van der Waals surface area contributed by atoms with E-state index < -0.39 is 0 Å². The SMILES string of the molecule is Cc1cccc(C(NC(=O)CCC2CCNCC2)C(C)(C)C)c1. The summed E-state index contributed by atoms with van der Waals surface area (Å²) in [5.41, 5.74) is 2.44. The Balaban J connectivity index is 1.96. The van der Waals surface area contributed by atoms with Crippen molar-refractivity contribution in [3.8, 4) is 0 Å². The number of carbonyl (C=O) groups excluding carboxylic acids is 1. The minimum Gasteiger partial charge on any atom is -0.349 e. The normalized spacial score (nSPS) is 17.7. The Morgan fingerprint density at radius 2 is 2.00 bits per heavy atom. The van der Waals surface area contributed by atoms with Crippen LogP contribution in [0.1, 0.15) is 63.6 Å². The van der Waals surface area contributed by atoms with Gasteiger partial charge in [0.25, 0.3) is 0 Å². The van der Waals surface area contributed by atoms with Crippen molar-refractivity contribution in [2.75, 3.05) is 13.1 Å². The molecule has 23 heavy (non-hydrogen) atoms. The first-order chi connectivity index (χ1) is 10.9. The first kappa shape index (κ1) is 18.0. The number of rotatable bonds is 5. The van der Waals surface area contributed by atoms with Crippen LogP contribution in [0.15, 0.2) is 24.3 Å². The quantitative estimate of drug-likeness (QED) is 0.863. The third-order valence-corrected chi connectivity index (χ3v) is 4.79. The number of aryl methyl sites for hydroxylation is 1. The second kappa shape index (κ2) is 7.96. The minimum absolute atomic E-state index is 0.00177. The monoisotopic (exact) mass is 316 g/mol. The molecule has 0 radical (unpaired) electrons. The minimum atomic E-state index is -0.00177. The van der Waals surface area contributed by atoms with Gasteiger partial charge in [0.1, 0.15) is 0 Å². The van der Waals surface area contributed by atoms with Gasteiger partial charge in [-0.1, -0.05) is 50.6 Å². The van der Waals surface area contributed by atoms with Crippen LogP contribution in [0.2, 0.25) is 0 Å². The van der Waals surface area contributed by atoms with Crippen LogP contribution < -0.4 is 10.6 Å². The molecule has 0 aliphatic carbocycles. The fourth-order valence-electron chi connectivity index (χ4n) is 3.39. The van der Waals surface area contributed by atoms with Crippen molar-refractivity contribution in [2.45, 2.75) is 59.4 Å². The molecule has 1 fully saturated rings. The molecule has 1 amide bonds. The van der Waals surface area contributed by atoms with E-state index in [-0.39, 0.29) is 17.4 Å². The Morgan fingerprint density at radius 3 is 2.61 bits per heavy atom. The van der Waals surface area contributed by atoms with Gasteiger partial charge in [-0.3, -0.25) is 4.79 Å². The lowest BCUT2D eigenvalue weighted by Crippen LogP contribution is -2.37. The van der Waals surface area contributed by atoms with E-state index in [2.05, 4.69) is 62.6 Å². The highest BCUT2D eigenvalue weighted by Gasteiger charge is 2.28. The summed E-state index contributed by atoms with van der Waals surface area (Å²) in [6.45, 7) is 10.9. The summed E-state index contributed by atoms with van der Waals surface area (Å²) in [5, 5.41) is 6.67. The summed E-state index contributed by atoms with van der Waals surface area (Å²) >= 11 is 0. The number of piperidine rings is 1. The zero-order chi connectivity index (χ0) is 16.9. The highest BCUT2D eigenvalue weighted by molar-refractivity contribution is 5.76. The first-order valence-electron chi connectivity index (χ1n) is 8.93. The molecule has 128 valence electrons. The predicted molar refractivity (Wildman–Crippen MR) is 96.3 cm³/mol. The summed E-state index contributed by atoms with van der Waals surface area (Å²) in [6, 6.07) is 8.54. The molecular formula is C20H32N2O. The van der Waals surface area contributed by atoms with Crippen LogP contribution in [0.25, 0.3) is 0 Å². The Hall–Kier alpha value is -1.35. The van der Waals surface area contributed by atoms with Crippen molar-refractivity contribution in [2.24, 2.45) is 11.3 Å². The molecule has 1 atom stereocenters. The van der Waals surface area contributed by atoms with Gasteiger partial charge in [0, 0.05) is 6.42 Å². The maximum Gasteiger partial charge on any atom is 0.220 e. The van der Waals surface area contributed by atoms with Gasteiger partial charge in [-0.2, -0.15) is 0 Å². The third-order valence-electron chi connectivity index (χ3n) is 4.79. The Kier molecular flexibility index (Phi) is 6.23. The van der Waals surface area contributed by atoms with Gasteiger partial charge < -0.3 is 10.6 Å². The lowest BCUT2D eigenvalue weighted by Gasteiger charge is -2.32. The second-order valence-corrected chi connectivity index (χ2v) is 8.01. The maximum absolute atomic E-state index is 12.5.